The summed E-state index contributed by atoms with van der Waals surface area (Å²) in [6.07, 6.45) is 3.72. The number of pyridine rings is 1. The number of hydrogen-bond donors (Lipinski definition) is 1. The highest BCUT2D eigenvalue weighted by molar-refractivity contribution is 5.86. The van der Waals surface area contributed by atoms with E-state index >= 15 is 0 Å². The van der Waals surface area contributed by atoms with E-state index in [9.17, 15) is 0 Å². The van der Waals surface area contributed by atoms with Crippen molar-refractivity contribution in [3.05, 3.63) is 52.8 Å². The Morgan fingerprint density at radius 3 is 1.97 bits per heavy atom. The lowest BCUT2D eigenvalue weighted by Gasteiger charge is -2.07. The van der Waals surface area contributed by atoms with Crippen LogP contribution in [0.15, 0.2) is 36.5 Å². The predicted octanol–water partition coefficient (Wildman–Crippen LogP) is 3.08. The number of aryl methyl sites for hydroxylation is 2. The summed E-state index contributed by atoms with van der Waals surface area (Å²) in [5, 5.41) is 11.7. The van der Waals surface area contributed by atoms with Crippen LogP contribution in [0, 0.1) is 0 Å². The average Bonchev–Trinajstić information content (AvgIpc) is 3.13. The molecule has 0 aliphatic heterocycles. The van der Waals surface area contributed by atoms with E-state index in [1.54, 1.807) is 0 Å². The van der Waals surface area contributed by atoms with E-state index in [1.165, 1.54) is 0 Å². The Bertz CT molecular complexity index is 1110. The summed E-state index contributed by atoms with van der Waals surface area (Å²) in [6, 6.07) is 10.6. The molecule has 0 spiro atoms. The summed E-state index contributed by atoms with van der Waals surface area (Å²) in [7, 11) is 2.02. The third-order valence-electron chi connectivity index (χ3n) is 5.67. The molecule has 2 heterocycles. The van der Waals surface area contributed by atoms with E-state index in [1.807, 2.05) is 27.1 Å². The van der Waals surface area contributed by atoms with E-state index < -0.39 is 0 Å². The third-order valence-corrected chi connectivity index (χ3v) is 5.67. The number of ether oxygens (including phenoxy) is 4. The van der Waals surface area contributed by atoms with Crippen molar-refractivity contribution >= 4 is 24.1 Å². The fraction of sp³-hybridized carbons (Fsp3) is 0.483. The van der Waals surface area contributed by atoms with Crippen molar-refractivity contribution in [2.75, 3.05) is 59.5 Å². The second kappa shape index (κ2) is 17.0. The first kappa shape index (κ1) is 29.7. The number of nitrogens with zero attached hydrogens (tertiary/aromatic N) is 2. The number of rotatable bonds is 16. The Morgan fingerprint density at radius 1 is 0.806 bits per heavy atom. The summed E-state index contributed by atoms with van der Waals surface area (Å²) >= 11 is 0. The molecule has 3 aromatic rings. The van der Waals surface area contributed by atoms with Crippen molar-refractivity contribution in [3.8, 4) is 11.1 Å². The molecule has 1 N–H and O–H groups in total. The highest BCUT2D eigenvalue weighted by Gasteiger charge is 2.06. The molecule has 0 fully saturated rings. The molecule has 0 aliphatic carbocycles. The molecule has 0 bridgehead atoms. The second-order valence-corrected chi connectivity index (χ2v) is 8.03. The molecule has 0 aliphatic rings. The van der Waals surface area contributed by atoms with Gasteiger partial charge in [0.15, 0.2) is 0 Å². The molecule has 2 aromatic heterocycles. The molecule has 7 heteroatoms. The number of benzene rings is 1. The molecule has 198 valence electrons. The van der Waals surface area contributed by atoms with Gasteiger partial charge in [0, 0.05) is 47.4 Å². The van der Waals surface area contributed by atoms with Gasteiger partial charge in [-0.1, -0.05) is 45.2 Å². The Morgan fingerprint density at radius 2 is 1.39 bits per heavy atom. The van der Waals surface area contributed by atoms with Crippen molar-refractivity contribution in [2.24, 2.45) is 7.05 Å². The lowest BCUT2D eigenvalue weighted by atomic mass is 10.0. The van der Waals surface area contributed by atoms with Gasteiger partial charge in [0.2, 0.25) is 0 Å². The SMILES string of the molecule is C=c1c(=C)n(C)c2cc(-c3ccc(CCCOCCOCCOCCOCCO)nc3)ccc12.CC. The number of aliphatic hydroxyl groups excluding tert-OH is 1. The van der Waals surface area contributed by atoms with Crippen LogP contribution < -0.4 is 10.6 Å². The first-order valence-electron chi connectivity index (χ1n) is 12.7. The van der Waals surface area contributed by atoms with Crippen LogP contribution >= 0.6 is 0 Å². The minimum atomic E-state index is 0.0360. The highest BCUT2D eigenvalue weighted by Crippen LogP contribution is 2.22. The molecule has 1 aromatic carbocycles. The number of aliphatic hydroxyl groups is 1. The number of aromatic nitrogens is 2. The zero-order chi connectivity index (χ0) is 26.2. The molecule has 36 heavy (non-hydrogen) atoms. The van der Waals surface area contributed by atoms with Crippen LogP contribution in [-0.4, -0.2) is 74.1 Å². The van der Waals surface area contributed by atoms with Gasteiger partial charge in [-0.3, -0.25) is 4.98 Å². The monoisotopic (exact) mass is 498 g/mol. The topological polar surface area (TPSA) is 75.0 Å². The molecule has 0 saturated carbocycles. The minimum absolute atomic E-state index is 0.0360. The molecule has 7 nitrogen and oxygen atoms in total. The quantitative estimate of drug-likeness (QED) is 0.306. The lowest BCUT2D eigenvalue weighted by Crippen LogP contribution is -2.24. The minimum Gasteiger partial charge on any atom is -0.394 e. The maximum absolute atomic E-state index is 8.59. The molecule has 0 amide bonds. The van der Waals surface area contributed by atoms with Gasteiger partial charge in [-0.25, -0.2) is 0 Å². The summed E-state index contributed by atoms with van der Waals surface area (Å²) < 4.78 is 23.6. The van der Waals surface area contributed by atoms with Gasteiger partial charge in [0.05, 0.1) is 52.9 Å². The Kier molecular flexibility index (Phi) is 14.0. The summed E-state index contributed by atoms with van der Waals surface area (Å²) in [6.45, 7) is 16.5. The summed E-state index contributed by atoms with van der Waals surface area (Å²) in [4.78, 5) is 4.63. The fourth-order valence-corrected chi connectivity index (χ4v) is 3.67. The number of hydrogen-bond acceptors (Lipinski definition) is 6. The fourth-order valence-electron chi connectivity index (χ4n) is 3.67. The second-order valence-electron chi connectivity index (χ2n) is 8.03. The molecule has 0 radical (unpaired) electrons. The zero-order valence-electron chi connectivity index (χ0n) is 22.1. The Balaban J connectivity index is 0.00000222. The van der Waals surface area contributed by atoms with E-state index in [-0.39, 0.29) is 6.61 Å². The summed E-state index contributed by atoms with van der Waals surface area (Å²) in [5.74, 6) is 0. The predicted molar refractivity (Wildman–Crippen MR) is 146 cm³/mol. The summed E-state index contributed by atoms with van der Waals surface area (Å²) in [5.41, 5.74) is 4.42. The van der Waals surface area contributed by atoms with Crippen LogP contribution in [0.4, 0.5) is 0 Å². The normalized spacial score (nSPS) is 11.0. The van der Waals surface area contributed by atoms with Crippen molar-refractivity contribution < 1.29 is 24.1 Å². The largest absolute Gasteiger partial charge is 0.394 e. The van der Waals surface area contributed by atoms with Gasteiger partial charge >= 0.3 is 0 Å². The smallest absolute Gasteiger partial charge is 0.0701 e. The van der Waals surface area contributed by atoms with Gasteiger partial charge in [0.1, 0.15) is 0 Å². The Labute approximate surface area is 215 Å². The molecular formula is C29H42N2O5. The van der Waals surface area contributed by atoms with Crippen LogP contribution in [0.2, 0.25) is 0 Å². The molecule has 0 saturated heterocycles. The highest BCUT2D eigenvalue weighted by atomic mass is 16.6. The number of fused-ring (bicyclic) bond motifs is 1. The van der Waals surface area contributed by atoms with Gasteiger partial charge in [-0.15, -0.1) is 0 Å². The lowest BCUT2D eigenvalue weighted by molar-refractivity contribution is -0.00564. The van der Waals surface area contributed by atoms with Crippen molar-refractivity contribution in [3.63, 3.8) is 0 Å². The van der Waals surface area contributed by atoms with E-state index in [4.69, 9.17) is 24.1 Å². The zero-order valence-corrected chi connectivity index (χ0v) is 22.1. The molecule has 0 atom stereocenters. The first-order chi connectivity index (χ1) is 17.6. The van der Waals surface area contributed by atoms with E-state index in [0.717, 1.165) is 51.1 Å². The van der Waals surface area contributed by atoms with E-state index in [2.05, 4.69) is 53.0 Å². The molecule has 3 rings (SSSR count). The standard InChI is InChI=1S/C27H36N2O5.C2H6/c1-21-22(2)29(3)27-19-23(7-9-26(21)27)24-6-8-25(28-20-24)5-4-11-31-13-15-33-17-18-34-16-14-32-12-10-30;1-2/h6-9,19-20,30H,1-2,4-5,10-18H2,3H3;1-2H3. The molecule has 0 unspecified atom stereocenters. The van der Waals surface area contributed by atoms with Crippen LogP contribution in [-0.2, 0) is 32.4 Å². The Hall–Kier alpha value is -2.55. The van der Waals surface area contributed by atoms with Gasteiger partial charge in [-0.2, -0.15) is 0 Å². The van der Waals surface area contributed by atoms with Crippen LogP contribution in [0.1, 0.15) is 26.0 Å². The van der Waals surface area contributed by atoms with Crippen LogP contribution in [0.5, 0.6) is 0 Å². The maximum Gasteiger partial charge on any atom is 0.0701 e. The molecular weight excluding hydrogens is 456 g/mol. The van der Waals surface area contributed by atoms with Crippen LogP contribution in [0.3, 0.4) is 0 Å². The van der Waals surface area contributed by atoms with Gasteiger partial charge in [-0.05, 0) is 35.8 Å². The third kappa shape index (κ3) is 9.15. The average molecular weight is 499 g/mol. The first-order valence-corrected chi connectivity index (χ1v) is 12.7. The van der Waals surface area contributed by atoms with Gasteiger partial charge in [0.25, 0.3) is 0 Å². The van der Waals surface area contributed by atoms with Crippen molar-refractivity contribution in [1.29, 1.82) is 0 Å². The van der Waals surface area contributed by atoms with E-state index in [0.29, 0.717) is 52.9 Å². The van der Waals surface area contributed by atoms with Crippen molar-refractivity contribution in [2.45, 2.75) is 26.7 Å². The van der Waals surface area contributed by atoms with Crippen LogP contribution in [0.25, 0.3) is 35.2 Å². The van der Waals surface area contributed by atoms with Gasteiger partial charge < -0.3 is 28.6 Å². The van der Waals surface area contributed by atoms with Crippen molar-refractivity contribution in [1.82, 2.24) is 9.55 Å². The maximum atomic E-state index is 8.59.